The average molecular weight is 550 g/mol. The molecule has 0 N–H and O–H groups in total. The number of hydrogen-bond acceptors (Lipinski definition) is 6. The molecule has 40 heavy (non-hydrogen) atoms. The first kappa shape index (κ1) is 26.1. The van der Waals surface area contributed by atoms with E-state index in [1.807, 2.05) is 33.7 Å². The van der Waals surface area contributed by atoms with Gasteiger partial charge in [-0.1, -0.05) is 90.1 Å². The maximum atomic E-state index is 13.3. The summed E-state index contributed by atoms with van der Waals surface area (Å²) in [7, 11) is 0. The van der Waals surface area contributed by atoms with Gasteiger partial charge in [-0.3, -0.25) is 14.3 Å². The molecule has 2 aromatic heterocycles. The Morgan fingerprint density at radius 3 is 2.08 bits per heavy atom. The van der Waals surface area contributed by atoms with Crippen molar-refractivity contribution >= 4 is 17.7 Å². The molecular weight excluding hydrogens is 518 g/mol. The highest BCUT2D eigenvalue weighted by Gasteiger charge is 2.28. The SMILES string of the molecule is Cc1ccc(-n2c(SCC(=O)N3CCN(C(c4ccccc4)c4ccccc4)CC3)nnc2-c2ccco2)cc1. The molecule has 1 amide bonds. The lowest BCUT2D eigenvalue weighted by Crippen LogP contribution is -2.50. The molecule has 5 aromatic rings. The maximum absolute atomic E-state index is 13.3. The third-order valence-electron chi connectivity index (χ3n) is 7.25. The van der Waals surface area contributed by atoms with Crippen molar-refractivity contribution in [2.24, 2.45) is 0 Å². The molecule has 202 valence electrons. The van der Waals surface area contributed by atoms with Gasteiger partial charge in [-0.25, -0.2) is 0 Å². The van der Waals surface area contributed by atoms with Gasteiger partial charge in [0.25, 0.3) is 0 Å². The molecule has 0 spiro atoms. The Bertz CT molecular complexity index is 1490. The van der Waals surface area contributed by atoms with Gasteiger partial charge in [-0.05, 0) is 42.3 Å². The van der Waals surface area contributed by atoms with Crippen LogP contribution in [0.4, 0.5) is 0 Å². The van der Waals surface area contributed by atoms with Crippen LogP contribution in [0.15, 0.2) is 113 Å². The summed E-state index contributed by atoms with van der Waals surface area (Å²) in [6, 6.07) is 33.3. The van der Waals surface area contributed by atoms with Crippen LogP contribution in [0, 0.1) is 6.92 Å². The van der Waals surface area contributed by atoms with Crippen molar-refractivity contribution < 1.29 is 9.21 Å². The Hall–Kier alpha value is -4.14. The third kappa shape index (κ3) is 5.59. The summed E-state index contributed by atoms with van der Waals surface area (Å²) < 4.78 is 7.58. The average Bonchev–Trinajstić information content (AvgIpc) is 3.68. The van der Waals surface area contributed by atoms with Crippen LogP contribution in [0.5, 0.6) is 0 Å². The molecule has 1 saturated heterocycles. The Morgan fingerprint density at radius 2 is 1.48 bits per heavy atom. The number of amides is 1. The monoisotopic (exact) mass is 549 g/mol. The summed E-state index contributed by atoms with van der Waals surface area (Å²) in [5, 5.41) is 9.49. The fourth-order valence-corrected chi connectivity index (χ4v) is 6.04. The highest BCUT2D eigenvalue weighted by Crippen LogP contribution is 2.31. The van der Waals surface area contributed by atoms with Crippen LogP contribution in [0.1, 0.15) is 22.7 Å². The van der Waals surface area contributed by atoms with Crippen LogP contribution in [0.25, 0.3) is 17.3 Å². The first-order valence-corrected chi connectivity index (χ1v) is 14.5. The molecule has 0 unspecified atom stereocenters. The molecule has 1 aliphatic heterocycles. The van der Waals surface area contributed by atoms with Gasteiger partial charge >= 0.3 is 0 Å². The number of aromatic nitrogens is 3. The van der Waals surface area contributed by atoms with Crippen molar-refractivity contribution in [1.29, 1.82) is 0 Å². The van der Waals surface area contributed by atoms with Gasteiger partial charge in [-0.15, -0.1) is 10.2 Å². The van der Waals surface area contributed by atoms with Crippen LogP contribution >= 0.6 is 11.8 Å². The Balaban J connectivity index is 1.14. The minimum Gasteiger partial charge on any atom is -0.461 e. The first-order valence-electron chi connectivity index (χ1n) is 13.5. The van der Waals surface area contributed by atoms with Crippen molar-refractivity contribution in [2.45, 2.75) is 18.1 Å². The molecule has 0 atom stereocenters. The second-order valence-electron chi connectivity index (χ2n) is 9.88. The van der Waals surface area contributed by atoms with Gasteiger partial charge in [0.2, 0.25) is 11.7 Å². The van der Waals surface area contributed by atoms with Crippen molar-refractivity contribution in [3.05, 3.63) is 120 Å². The van der Waals surface area contributed by atoms with E-state index in [9.17, 15) is 4.79 Å². The fourth-order valence-electron chi connectivity index (χ4n) is 5.19. The number of thioether (sulfide) groups is 1. The highest BCUT2D eigenvalue weighted by molar-refractivity contribution is 7.99. The lowest BCUT2D eigenvalue weighted by atomic mass is 9.96. The third-order valence-corrected chi connectivity index (χ3v) is 8.17. The van der Waals surface area contributed by atoms with Crippen LogP contribution in [0.3, 0.4) is 0 Å². The largest absolute Gasteiger partial charge is 0.461 e. The molecule has 0 bridgehead atoms. The summed E-state index contributed by atoms with van der Waals surface area (Å²) >= 11 is 1.41. The number of aryl methyl sites for hydroxylation is 1. The standard InChI is InChI=1S/C32H31N5O2S/c1-24-14-16-27(17-15-24)37-31(28-13-8-22-39-28)33-34-32(37)40-23-29(38)35-18-20-36(21-19-35)30(25-9-4-2-5-10-25)26-11-6-3-7-12-26/h2-17,22,30H,18-21,23H2,1H3. The number of nitrogens with zero attached hydrogens (tertiary/aromatic N) is 5. The van der Waals surface area contributed by atoms with Gasteiger partial charge in [0, 0.05) is 31.9 Å². The van der Waals surface area contributed by atoms with Gasteiger partial charge in [0.1, 0.15) is 0 Å². The van der Waals surface area contributed by atoms with E-state index in [0.717, 1.165) is 18.8 Å². The molecule has 8 heteroatoms. The zero-order valence-electron chi connectivity index (χ0n) is 22.4. The zero-order valence-corrected chi connectivity index (χ0v) is 23.2. The molecule has 1 aliphatic rings. The van der Waals surface area contributed by atoms with Gasteiger partial charge in [0.05, 0.1) is 18.1 Å². The Kier molecular flexibility index (Phi) is 7.79. The van der Waals surface area contributed by atoms with Gasteiger partial charge < -0.3 is 9.32 Å². The smallest absolute Gasteiger partial charge is 0.233 e. The van der Waals surface area contributed by atoms with Crippen LogP contribution < -0.4 is 0 Å². The molecule has 7 nitrogen and oxygen atoms in total. The topological polar surface area (TPSA) is 67.4 Å². The van der Waals surface area contributed by atoms with E-state index in [1.54, 1.807) is 6.26 Å². The number of rotatable bonds is 8. The number of furan rings is 1. The lowest BCUT2D eigenvalue weighted by molar-refractivity contribution is -0.130. The van der Waals surface area contributed by atoms with Crippen molar-refractivity contribution in [3.8, 4) is 17.3 Å². The molecule has 3 aromatic carbocycles. The Morgan fingerprint density at radius 1 is 0.825 bits per heavy atom. The lowest BCUT2D eigenvalue weighted by Gasteiger charge is -2.39. The summed E-state index contributed by atoms with van der Waals surface area (Å²) in [5.41, 5.74) is 4.64. The Labute approximate surface area is 238 Å². The number of benzene rings is 3. The molecule has 0 aliphatic carbocycles. The molecule has 3 heterocycles. The first-order chi connectivity index (χ1) is 19.7. The predicted octanol–water partition coefficient (Wildman–Crippen LogP) is 5.86. The molecule has 6 rings (SSSR count). The second kappa shape index (κ2) is 11.9. The minimum absolute atomic E-state index is 0.110. The zero-order chi connectivity index (χ0) is 27.3. The fraction of sp³-hybridized carbons (Fsp3) is 0.219. The van der Waals surface area contributed by atoms with Gasteiger partial charge in [-0.2, -0.15) is 0 Å². The number of piperazine rings is 1. The van der Waals surface area contributed by atoms with E-state index in [4.69, 9.17) is 4.42 Å². The van der Waals surface area contributed by atoms with Crippen LogP contribution in [0.2, 0.25) is 0 Å². The summed E-state index contributed by atoms with van der Waals surface area (Å²) in [5.74, 6) is 1.65. The van der Waals surface area contributed by atoms with E-state index in [1.165, 1.54) is 28.5 Å². The van der Waals surface area contributed by atoms with Crippen molar-refractivity contribution in [3.63, 3.8) is 0 Å². The van der Waals surface area contributed by atoms with E-state index in [0.29, 0.717) is 35.6 Å². The number of hydrogen-bond donors (Lipinski definition) is 0. The quantitative estimate of drug-likeness (QED) is 0.226. The second-order valence-corrected chi connectivity index (χ2v) is 10.8. The highest BCUT2D eigenvalue weighted by atomic mass is 32.2. The molecule has 0 saturated carbocycles. The number of carbonyl (C=O) groups is 1. The summed E-state index contributed by atoms with van der Waals surface area (Å²) in [6.45, 7) is 5.06. The normalized spacial score (nSPS) is 14.1. The number of carbonyl (C=O) groups excluding carboxylic acids is 1. The molecule has 1 fully saturated rings. The van der Waals surface area contributed by atoms with E-state index >= 15 is 0 Å². The van der Waals surface area contributed by atoms with E-state index in [2.05, 4.69) is 94.8 Å². The summed E-state index contributed by atoms with van der Waals surface area (Å²) in [6.07, 6.45) is 1.62. The maximum Gasteiger partial charge on any atom is 0.233 e. The van der Waals surface area contributed by atoms with E-state index < -0.39 is 0 Å². The summed E-state index contributed by atoms with van der Waals surface area (Å²) in [4.78, 5) is 17.8. The predicted molar refractivity (Wildman–Crippen MR) is 157 cm³/mol. The van der Waals surface area contributed by atoms with Crippen LogP contribution in [-0.4, -0.2) is 62.4 Å². The van der Waals surface area contributed by atoms with Crippen LogP contribution in [-0.2, 0) is 4.79 Å². The van der Waals surface area contributed by atoms with Gasteiger partial charge in [0.15, 0.2) is 10.9 Å². The molecular formula is C32H31N5O2S. The molecule has 0 radical (unpaired) electrons. The van der Waals surface area contributed by atoms with E-state index in [-0.39, 0.29) is 11.9 Å². The minimum atomic E-state index is 0.110. The van der Waals surface area contributed by atoms with Crippen molar-refractivity contribution in [1.82, 2.24) is 24.6 Å². The van der Waals surface area contributed by atoms with Crippen molar-refractivity contribution in [2.75, 3.05) is 31.9 Å².